The summed E-state index contributed by atoms with van der Waals surface area (Å²) in [5, 5.41) is 0. The van der Waals surface area contributed by atoms with E-state index in [1.54, 1.807) is 0 Å². The molecule has 15 heavy (non-hydrogen) atoms. The van der Waals surface area contributed by atoms with Crippen LogP contribution < -0.4 is 0 Å². The van der Waals surface area contributed by atoms with Crippen LogP contribution >= 0.6 is 0 Å². The fraction of sp³-hybridized carbons (Fsp3) is 0.455. The van der Waals surface area contributed by atoms with Crippen molar-refractivity contribution >= 4 is 0 Å². The predicted octanol–water partition coefficient (Wildman–Crippen LogP) is 2.24. The second-order valence-corrected chi connectivity index (χ2v) is 3.56. The third-order valence-electron chi connectivity index (χ3n) is 2.33. The predicted molar refractivity (Wildman–Crippen MR) is 50.8 cm³/mol. The molecule has 0 N–H and O–H groups in total. The molecule has 0 aliphatic carbocycles. The Bertz CT molecular complexity index is 314. The van der Waals surface area contributed by atoms with Crippen molar-refractivity contribution in [3.05, 3.63) is 35.9 Å². The van der Waals surface area contributed by atoms with Gasteiger partial charge in [-0.2, -0.15) is 0 Å². The highest BCUT2D eigenvalue weighted by molar-refractivity contribution is 5.13. The molecule has 1 unspecified atom stereocenters. The van der Waals surface area contributed by atoms with Gasteiger partial charge in [-0.1, -0.05) is 30.3 Å². The topological polar surface area (TPSA) is 18.5 Å². The van der Waals surface area contributed by atoms with Gasteiger partial charge >= 0.3 is 0 Å². The van der Waals surface area contributed by atoms with E-state index in [4.69, 9.17) is 4.74 Å². The van der Waals surface area contributed by atoms with Crippen LogP contribution in [0.25, 0.3) is 0 Å². The summed E-state index contributed by atoms with van der Waals surface area (Å²) in [7, 11) is 0. The molecule has 2 nitrogen and oxygen atoms in total. The summed E-state index contributed by atoms with van der Waals surface area (Å²) in [5.41, 5.74) is 0.889. The zero-order valence-electron chi connectivity index (χ0n) is 8.16. The number of hydrogen-bond acceptors (Lipinski definition) is 2. The minimum Gasteiger partial charge on any atom is -0.372 e. The van der Waals surface area contributed by atoms with E-state index < -0.39 is 18.6 Å². The van der Waals surface area contributed by atoms with Gasteiger partial charge in [0.25, 0.3) is 5.92 Å². The molecule has 0 amide bonds. The van der Waals surface area contributed by atoms with Crippen molar-refractivity contribution in [2.75, 3.05) is 13.2 Å². The molecule has 1 aromatic rings. The Kier molecular flexibility index (Phi) is 2.98. The molecule has 0 aromatic heterocycles. The fourth-order valence-corrected chi connectivity index (χ4v) is 1.46. The molecular formula is C11H12F2O2. The van der Waals surface area contributed by atoms with Gasteiger partial charge in [0.2, 0.25) is 0 Å². The van der Waals surface area contributed by atoms with Crippen molar-refractivity contribution in [3.8, 4) is 0 Å². The SMILES string of the molecule is FC1(F)COCC1OCc1ccccc1. The number of hydrogen-bond donors (Lipinski definition) is 0. The fourth-order valence-electron chi connectivity index (χ4n) is 1.46. The van der Waals surface area contributed by atoms with Crippen LogP contribution in [0.2, 0.25) is 0 Å². The molecule has 4 heteroatoms. The highest BCUT2D eigenvalue weighted by atomic mass is 19.3. The Morgan fingerprint density at radius 2 is 2.07 bits per heavy atom. The van der Waals surface area contributed by atoms with E-state index in [0.29, 0.717) is 0 Å². The standard InChI is InChI=1S/C11H12F2O2/c12-11(13)8-14-7-10(11)15-6-9-4-2-1-3-5-9/h1-5,10H,6-8H2. The number of ether oxygens (including phenoxy) is 2. The van der Waals surface area contributed by atoms with Gasteiger partial charge in [-0.3, -0.25) is 0 Å². The van der Waals surface area contributed by atoms with Gasteiger partial charge in [0.1, 0.15) is 12.7 Å². The molecule has 1 aliphatic rings. The zero-order valence-corrected chi connectivity index (χ0v) is 8.16. The quantitative estimate of drug-likeness (QED) is 0.768. The van der Waals surface area contributed by atoms with Crippen LogP contribution in [0.15, 0.2) is 30.3 Å². The number of benzene rings is 1. The minimum absolute atomic E-state index is 0.0279. The van der Waals surface area contributed by atoms with E-state index in [9.17, 15) is 8.78 Å². The molecule has 1 aromatic carbocycles. The highest BCUT2D eigenvalue weighted by Gasteiger charge is 2.46. The normalized spacial score (nSPS) is 24.3. The van der Waals surface area contributed by atoms with E-state index in [-0.39, 0.29) is 13.2 Å². The first-order valence-electron chi connectivity index (χ1n) is 4.79. The van der Waals surface area contributed by atoms with Gasteiger partial charge in [-0.15, -0.1) is 0 Å². The lowest BCUT2D eigenvalue weighted by Gasteiger charge is -2.17. The van der Waals surface area contributed by atoms with Gasteiger partial charge in [0.05, 0.1) is 13.2 Å². The summed E-state index contributed by atoms with van der Waals surface area (Å²) in [6.07, 6.45) is -1.11. The van der Waals surface area contributed by atoms with Crippen LogP contribution in [0.3, 0.4) is 0 Å². The van der Waals surface area contributed by atoms with E-state index in [1.165, 1.54) is 0 Å². The van der Waals surface area contributed by atoms with Crippen molar-refractivity contribution in [2.24, 2.45) is 0 Å². The van der Waals surface area contributed by atoms with Crippen molar-refractivity contribution < 1.29 is 18.3 Å². The maximum absolute atomic E-state index is 13.1. The van der Waals surface area contributed by atoms with Crippen LogP contribution in [0, 0.1) is 0 Å². The maximum Gasteiger partial charge on any atom is 0.298 e. The second-order valence-electron chi connectivity index (χ2n) is 3.56. The zero-order chi connectivity index (χ0) is 10.7. The summed E-state index contributed by atoms with van der Waals surface area (Å²) in [6.45, 7) is -0.364. The van der Waals surface area contributed by atoms with Crippen LogP contribution in [-0.2, 0) is 16.1 Å². The van der Waals surface area contributed by atoms with Gasteiger partial charge in [0.15, 0.2) is 0 Å². The third-order valence-corrected chi connectivity index (χ3v) is 2.33. The Labute approximate surface area is 86.8 Å². The first-order chi connectivity index (χ1) is 7.18. The summed E-state index contributed by atoms with van der Waals surface area (Å²) in [4.78, 5) is 0. The number of rotatable bonds is 3. The average molecular weight is 214 g/mol. The van der Waals surface area contributed by atoms with Crippen LogP contribution in [0.4, 0.5) is 8.78 Å². The van der Waals surface area contributed by atoms with Crippen molar-refractivity contribution in [3.63, 3.8) is 0 Å². The summed E-state index contributed by atoms with van der Waals surface area (Å²) >= 11 is 0. The molecule has 0 bridgehead atoms. The molecule has 0 radical (unpaired) electrons. The molecular weight excluding hydrogens is 202 g/mol. The largest absolute Gasteiger partial charge is 0.372 e. The van der Waals surface area contributed by atoms with Gasteiger partial charge < -0.3 is 9.47 Å². The molecule has 2 rings (SSSR count). The maximum atomic E-state index is 13.1. The van der Waals surface area contributed by atoms with Gasteiger partial charge in [-0.05, 0) is 5.56 Å². The summed E-state index contributed by atoms with van der Waals surface area (Å²) in [5.74, 6) is -2.85. The van der Waals surface area contributed by atoms with Crippen molar-refractivity contribution in [1.29, 1.82) is 0 Å². The molecule has 0 spiro atoms. The van der Waals surface area contributed by atoms with Crippen molar-refractivity contribution in [1.82, 2.24) is 0 Å². The number of alkyl halides is 2. The molecule has 1 aliphatic heterocycles. The third kappa shape index (κ3) is 2.52. The van der Waals surface area contributed by atoms with Crippen LogP contribution in [0.5, 0.6) is 0 Å². The summed E-state index contributed by atoms with van der Waals surface area (Å²) in [6, 6.07) is 9.25. The second kappa shape index (κ2) is 4.24. The lowest BCUT2D eigenvalue weighted by molar-refractivity contribution is -0.111. The minimum atomic E-state index is -2.85. The van der Waals surface area contributed by atoms with Crippen LogP contribution in [0.1, 0.15) is 5.56 Å². The molecule has 1 fully saturated rings. The van der Waals surface area contributed by atoms with Crippen LogP contribution in [-0.4, -0.2) is 25.2 Å². The first-order valence-corrected chi connectivity index (χ1v) is 4.79. The molecule has 1 heterocycles. The van der Waals surface area contributed by atoms with E-state index in [1.807, 2.05) is 30.3 Å². The Balaban J connectivity index is 1.89. The monoisotopic (exact) mass is 214 g/mol. The van der Waals surface area contributed by atoms with Gasteiger partial charge in [-0.25, -0.2) is 8.78 Å². The molecule has 1 saturated heterocycles. The first kappa shape index (κ1) is 10.5. The highest BCUT2D eigenvalue weighted by Crippen LogP contribution is 2.28. The van der Waals surface area contributed by atoms with Gasteiger partial charge in [0, 0.05) is 0 Å². The molecule has 0 saturated carbocycles. The molecule has 82 valence electrons. The smallest absolute Gasteiger partial charge is 0.298 e. The van der Waals surface area contributed by atoms with E-state index in [0.717, 1.165) is 5.56 Å². The van der Waals surface area contributed by atoms with E-state index in [2.05, 4.69) is 4.74 Å². The molecule has 1 atom stereocenters. The van der Waals surface area contributed by atoms with Crippen molar-refractivity contribution in [2.45, 2.75) is 18.6 Å². The van der Waals surface area contributed by atoms with E-state index >= 15 is 0 Å². The number of halogens is 2. The lowest BCUT2D eigenvalue weighted by atomic mass is 10.2. The Morgan fingerprint density at radius 3 is 2.67 bits per heavy atom. The Hall–Kier alpha value is -1.00. The average Bonchev–Trinajstić information content (AvgIpc) is 2.56. The lowest BCUT2D eigenvalue weighted by Crippen LogP contribution is -2.33. The summed E-state index contributed by atoms with van der Waals surface area (Å²) < 4.78 is 35.9. The Morgan fingerprint density at radius 1 is 1.33 bits per heavy atom.